The highest BCUT2D eigenvalue weighted by Gasteiger charge is 2.42. The molecule has 126 valence electrons. The van der Waals surface area contributed by atoms with Crippen LogP contribution in [0.4, 0.5) is 13.2 Å². The van der Waals surface area contributed by atoms with Gasteiger partial charge in [-0.2, -0.15) is 13.2 Å². The summed E-state index contributed by atoms with van der Waals surface area (Å²) >= 11 is 11.8. The molecule has 1 saturated heterocycles. The predicted octanol–water partition coefficient (Wildman–Crippen LogP) is 3.23. The van der Waals surface area contributed by atoms with E-state index in [2.05, 4.69) is 0 Å². The van der Waals surface area contributed by atoms with Crippen molar-refractivity contribution < 1.29 is 22.8 Å². The summed E-state index contributed by atoms with van der Waals surface area (Å²) in [6, 6.07) is 4.43. The van der Waals surface area contributed by atoms with E-state index >= 15 is 0 Å². The van der Waals surface area contributed by atoms with E-state index in [1.807, 2.05) is 0 Å². The van der Waals surface area contributed by atoms with Crippen molar-refractivity contribution in [2.24, 2.45) is 0 Å². The molecule has 1 aromatic rings. The zero-order chi connectivity index (χ0) is 17.2. The molecule has 1 aliphatic heterocycles. The molecule has 2 rings (SSSR count). The number of rotatable bonds is 1. The van der Waals surface area contributed by atoms with Crippen molar-refractivity contribution in [2.75, 3.05) is 26.2 Å². The SMILES string of the molecule is O=C(c1cc(Cl)ccc1Cl)N1CCCN(C(=O)C(F)(F)F)CC1. The summed E-state index contributed by atoms with van der Waals surface area (Å²) in [5.74, 6) is -2.30. The second-order valence-corrected chi connectivity index (χ2v) is 5.90. The number of hydrogen-bond acceptors (Lipinski definition) is 2. The first kappa shape index (κ1) is 17.9. The third kappa shape index (κ3) is 4.29. The lowest BCUT2D eigenvalue weighted by molar-refractivity contribution is -0.185. The molecule has 1 aliphatic rings. The maximum Gasteiger partial charge on any atom is 0.471 e. The second kappa shape index (κ2) is 6.97. The lowest BCUT2D eigenvalue weighted by Crippen LogP contribution is -2.43. The summed E-state index contributed by atoms with van der Waals surface area (Å²) in [6.07, 6.45) is -4.65. The molecule has 2 amide bonds. The molecule has 0 radical (unpaired) electrons. The topological polar surface area (TPSA) is 40.6 Å². The first-order valence-corrected chi connectivity index (χ1v) is 7.56. The highest BCUT2D eigenvalue weighted by molar-refractivity contribution is 6.35. The number of halogens is 5. The maximum absolute atomic E-state index is 12.5. The largest absolute Gasteiger partial charge is 0.471 e. The molecule has 0 spiro atoms. The molecule has 1 heterocycles. The predicted molar refractivity (Wildman–Crippen MR) is 79.6 cm³/mol. The summed E-state index contributed by atoms with van der Waals surface area (Å²) in [4.78, 5) is 25.8. The Balaban J connectivity index is 2.10. The first-order valence-electron chi connectivity index (χ1n) is 6.80. The Kier molecular flexibility index (Phi) is 5.41. The Labute approximate surface area is 140 Å². The molecule has 0 saturated carbocycles. The fourth-order valence-electron chi connectivity index (χ4n) is 2.33. The molecule has 4 nitrogen and oxygen atoms in total. The highest BCUT2D eigenvalue weighted by atomic mass is 35.5. The van der Waals surface area contributed by atoms with Gasteiger partial charge in [0.25, 0.3) is 5.91 Å². The molecule has 1 fully saturated rings. The van der Waals surface area contributed by atoms with Gasteiger partial charge in [-0.05, 0) is 24.6 Å². The van der Waals surface area contributed by atoms with Crippen molar-refractivity contribution in [1.29, 1.82) is 0 Å². The van der Waals surface area contributed by atoms with E-state index in [1.54, 1.807) is 0 Å². The van der Waals surface area contributed by atoms with Crippen molar-refractivity contribution in [1.82, 2.24) is 9.80 Å². The molecule has 0 N–H and O–H groups in total. The van der Waals surface area contributed by atoms with E-state index in [9.17, 15) is 22.8 Å². The Morgan fingerprint density at radius 1 is 1.00 bits per heavy atom. The lowest BCUT2D eigenvalue weighted by atomic mass is 10.2. The number of nitrogens with zero attached hydrogens (tertiary/aromatic N) is 2. The van der Waals surface area contributed by atoms with E-state index < -0.39 is 18.0 Å². The summed E-state index contributed by atoms with van der Waals surface area (Å²) in [5, 5.41) is 0.549. The quantitative estimate of drug-likeness (QED) is 0.763. The van der Waals surface area contributed by atoms with Gasteiger partial charge in [0.2, 0.25) is 0 Å². The van der Waals surface area contributed by atoms with Crippen LogP contribution in [0.1, 0.15) is 16.8 Å². The van der Waals surface area contributed by atoms with Crippen LogP contribution in [0.15, 0.2) is 18.2 Å². The van der Waals surface area contributed by atoms with Crippen LogP contribution < -0.4 is 0 Å². The third-order valence-corrected chi connectivity index (χ3v) is 4.04. The smallest absolute Gasteiger partial charge is 0.337 e. The van der Waals surface area contributed by atoms with Crippen molar-refractivity contribution in [3.8, 4) is 0 Å². The lowest BCUT2D eigenvalue weighted by Gasteiger charge is -2.23. The number of carbonyl (C=O) groups excluding carboxylic acids is 2. The monoisotopic (exact) mass is 368 g/mol. The number of hydrogen-bond donors (Lipinski definition) is 0. The minimum absolute atomic E-state index is 0.00347. The number of benzene rings is 1. The van der Waals surface area contributed by atoms with Gasteiger partial charge in [0, 0.05) is 31.2 Å². The molecular weight excluding hydrogens is 356 g/mol. The normalized spacial score (nSPS) is 16.2. The zero-order valence-electron chi connectivity index (χ0n) is 11.9. The molecule has 0 atom stereocenters. The molecule has 0 bridgehead atoms. The van der Waals surface area contributed by atoms with Gasteiger partial charge in [-0.1, -0.05) is 23.2 Å². The van der Waals surface area contributed by atoms with Crippen LogP contribution in [-0.4, -0.2) is 54.0 Å². The molecule has 1 aromatic carbocycles. The number of alkyl halides is 3. The van der Waals surface area contributed by atoms with E-state index in [0.717, 1.165) is 0 Å². The fraction of sp³-hybridized carbons (Fsp3) is 0.429. The van der Waals surface area contributed by atoms with Crippen LogP contribution in [-0.2, 0) is 4.79 Å². The molecule has 0 aliphatic carbocycles. The fourth-order valence-corrected chi connectivity index (χ4v) is 2.71. The summed E-state index contributed by atoms with van der Waals surface area (Å²) in [7, 11) is 0. The van der Waals surface area contributed by atoms with Gasteiger partial charge in [0.1, 0.15) is 0 Å². The van der Waals surface area contributed by atoms with E-state index in [-0.39, 0.29) is 43.2 Å². The number of carbonyl (C=O) groups is 2. The van der Waals surface area contributed by atoms with Crippen molar-refractivity contribution in [3.63, 3.8) is 0 Å². The van der Waals surface area contributed by atoms with E-state index in [0.29, 0.717) is 9.92 Å². The van der Waals surface area contributed by atoms with Crippen LogP contribution in [0.25, 0.3) is 0 Å². The van der Waals surface area contributed by atoms with Crippen LogP contribution in [0.2, 0.25) is 10.0 Å². The van der Waals surface area contributed by atoms with Gasteiger partial charge in [0.05, 0.1) is 10.6 Å². The second-order valence-electron chi connectivity index (χ2n) is 5.06. The average molecular weight is 369 g/mol. The Bertz CT molecular complexity index is 623. The van der Waals surface area contributed by atoms with Crippen LogP contribution in [0, 0.1) is 0 Å². The summed E-state index contributed by atoms with van der Waals surface area (Å²) in [5.41, 5.74) is 0.190. The van der Waals surface area contributed by atoms with Gasteiger partial charge in [-0.25, -0.2) is 0 Å². The summed E-state index contributed by atoms with van der Waals surface area (Å²) < 4.78 is 37.4. The standard InChI is InChI=1S/C14H13Cl2F3N2O2/c15-9-2-3-11(16)10(8-9)12(22)20-4-1-5-21(7-6-20)13(23)14(17,18)19/h2-3,8H,1,4-7H2. The van der Waals surface area contributed by atoms with E-state index in [1.165, 1.54) is 23.1 Å². The van der Waals surface area contributed by atoms with Crippen LogP contribution >= 0.6 is 23.2 Å². The Morgan fingerprint density at radius 2 is 1.61 bits per heavy atom. The average Bonchev–Trinajstić information content (AvgIpc) is 2.73. The first-order chi connectivity index (χ1) is 10.7. The molecule has 9 heteroatoms. The van der Waals surface area contributed by atoms with Crippen molar-refractivity contribution in [2.45, 2.75) is 12.6 Å². The van der Waals surface area contributed by atoms with Gasteiger partial charge in [0.15, 0.2) is 0 Å². The molecular formula is C14H13Cl2F3N2O2. The van der Waals surface area contributed by atoms with Crippen molar-refractivity contribution >= 4 is 35.0 Å². The summed E-state index contributed by atoms with van der Waals surface area (Å²) in [6.45, 7) is 0.0144. The highest BCUT2D eigenvalue weighted by Crippen LogP contribution is 2.23. The Morgan fingerprint density at radius 3 is 2.26 bits per heavy atom. The minimum Gasteiger partial charge on any atom is -0.337 e. The van der Waals surface area contributed by atoms with E-state index in [4.69, 9.17) is 23.2 Å². The van der Waals surface area contributed by atoms with Crippen LogP contribution in [0.3, 0.4) is 0 Å². The maximum atomic E-state index is 12.5. The molecule has 0 unspecified atom stereocenters. The Hall–Kier alpha value is -1.47. The van der Waals surface area contributed by atoms with Gasteiger partial charge in [-0.15, -0.1) is 0 Å². The number of amides is 2. The minimum atomic E-state index is -4.91. The molecule has 23 heavy (non-hydrogen) atoms. The van der Waals surface area contributed by atoms with Gasteiger partial charge >= 0.3 is 12.1 Å². The zero-order valence-corrected chi connectivity index (χ0v) is 13.4. The van der Waals surface area contributed by atoms with Gasteiger partial charge in [-0.3, -0.25) is 9.59 Å². The van der Waals surface area contributed by atoms with Gasteiger partial charge < -0.3 is 9.80 Å². The van der Waals surface area contributed by atoms with Crippen LogP contribution in [0.5, 0.6) is 0 Å². The third-order valence-electron chi connectivity index (χ3n) is 3.47. The van der Waals surface area contributed by atoms with Crippen molar-refractivity contribution in [3.05, 3.63) is 33.8 Å². The molecule has 0 aromatic heterocycles.